The van der Waals surface area contributed by atoms with E-state index in [0.29, 0.717) is 18.4 Å². The fourth-order valence-corrected chi connectivity index (χ4v) is 4.14. The van der Waals surface area contributed by atoms with Gasteiger partial charge in [0.2, 0.25) is 5.91 Å². The minimum Gasteiger partial charge on any atom is -0.497 e. The van der Waals surface area contributed by atoms with Crippen LogP contribution in [0.25, 0.3) is 0 Å². The number of fused-ring (bicyclic) bond motifs is 1. The van der Waals surface area contributed by atoms with Crippen LogP contribution in [0.5, 0.6) is 5.75 Å². The maximum Gasteiger partial charge on any atom is 0.235 e. The van der Waals surface area contributed by atoms with Crippen molar-refractivity contribution in [1.82, 2.24) is 0 Å². The van der Waals surface area contributed by atoms with Gasteiger partial charge in [0.1, 0.15) is 5.75 Å². The molecule has 4 nitrogen and oxygen atoms in total. The van der Waals surface area contributed by atoms with Crippen LogP contribution >= 0.6 is 0 Å². The lowest BCUT2D eigenvalue weighted by molar-refractivity contribution is -0.120. The molecule has 3 aromatic rings. The summed E-state index contributed by atoms with van der Waals surface area (Å²) in [5.41, 5.74) is 2.95. The van der Waals surface area contributed by atoms with Gasteiger partial charge in [0.25, 0.3) is 0 Å². The Balaban J connectivity index is 1.53. The maximum absolute atomic E-state index is 13.1. The van der Waals surface area contributed by atoms with Crippen LogP contribution in [0.3, 0.4) is 0 Å². The number of ether oxygens (including phenoxy) is 1. The predicted molar refractivity (Wildman–Crippen MR) is 123 cm³/mol. The Labute approximate surface area is 182 Å². The van der Waals surface area contributed by atoms with Crippen molar-refractivity contribution in [3.05, 3.63) is 108 Å². The minimum absolute atomic E-state index is 0.00341. The second-order valence-electron chi connectivity index (χ2n) is 7.78. The number of hydrogen-bond acceptors (Lipinski definition) is 3. The first-order valence-corrected chi connectivity index (χ1v) is 10.4. The quantitative estimate of drug-likeness (QED) is 0.402. The van der Waals surface area contributed by atoms with E-state index >= 15 is 0 Å². The number of ketones is 1. The third-order valence-electron chi connectivity index (χ3n) is 5.82. The van der Waals surface area contributed by atoms with Crippen molar-refractivity contribution < 1.29 is 14.3 Å². The van der Waals surface area contributed by atoms with Crippen molar-refractivity contribution in [3.63, 3.8) is 0 Å². The smallest absolute Gasteiger partial charge is 0.235 e. The number of amides is 1. The number of carbonyl (C=O) groups excluding carboxylic acids is 2. The van der Waals surface area contributed by atoms with E-state index < -0.39 is 5.41 Å². The van der Waals surface area contributed by atoms with E-state index in [1.54, 1.807) is 31.4 Å². The molecule has 31 heavy (non-hydrogen) atoms. The van der Waals surface area contributed by atoms with Crippen LogP contribution in [0.4, 0.5) is 5.69 Å². The van der Waals surface area contributed by atoms with E-state index in [0.717, 1.165) is 22.6 Å². The van der Waals surface area contributed by atoms with E-state index in [1.165, 1.54) is 0 Å². The van der Waals surface area contributed by atoms with Gasteiger partial charge in [-0.15, -0.1) is 0 Å². The summed E-state index contributed by atoms with van der Waals surface area (Å²) in [5.74, 6) is 0.761. The molecule has 1 N–H and O–H groups in total. The Morgan fingerprint density at radius 2 is 1.65 bits per heavy atom. The molecule has 0 bridgehead atoms. The molecular weight excluding hydrogens is 386 g/mol. The zero-order valence-electron chi connectivity index (χ0n) is 17.5. The van der Waals surface area contributed by atoms with Crippen molar-refractivity contribution in [2.75, 3.05) is 12.4 Å². The molecule has 1 heterocycles. The number of allylic oxidation sites excluding steroid dienone is 2. The Morgan fingerprint density at radius 3 is 2.39 bits per heavy atom. The normalized spacial score (nSPS) is 17.4. The first-order chi connectivity index (χ1) is 15.1. The molecule has 4 heteroatoms. The summed E-state index contributed by atoms with van der Waals surface area (Å²) >= 11 is 0. The maximum atomic E-state index is 13.1. The number of methoxy groups -OCH3 is 1. The molecule has 3 aromatic carbocycles. The van der Waals surface area contributed by atoms with Gasteiger partial charge in [0.05, 0.1) is 12.5 Å². The second kappa shape index (κ2) is 9.00. The largest absolute Gasteiger partial charge is 0.497 e. The van der Waals surface area contributed by atoms with Crippen LogP contribution in [0.15, 0.2) is 91.0 Å². The van der Waals surface area contributed by atoms with Crippen molar-refractivity contribution in [2.24, 2.45) is 0 Å². The van der Waals surface area contributed by atoms with Crippen LogP contribution < -0.4 is 10.1 Å². The van der Waals surface area contributed by atoms with Crippen molar-refractivity contribution in [3.8, 4) is 5.75 Å². The molecular formula is C27H25NO3. The Kier molecular flexibility index (Phi) is 5.99. The SMILES string of the molecule is COc1ccc(C(=O)C/C=C/C[C@@]2(Cc3ccccc3)C(=O)Nc3ccccc32)cc1. The molecule has 1 atom stereocenters. The number of benzene rings is 3. The molecule has 0 radical (unpaired) electrons. The van der Waals surface area contributed by atoms with Gasteiger partial charge in [-0.2, -0.15) is 0 Å². The number of Topliss-reactive ketones (excluding diaryl/α,β-unsaturated/α-hetero) is 1. The molecule has 0 aromatic heterocycles. The summed E-state index contributed by atoms with van der Waals surface area (Å²) in [5, 5.41) is 3.04. The van der Waals surface area contributed by atoms with Gasteiger partial charge in [0.15, 0.2) is 5.78 Å². The fourth-order valence-electron chi connectivity index (χ4n) is 4.14. The van der Waals surface area contributed by atoms with Gasteiger partial charge in [-0.05, 0) is 54.3 Å². The number of carbonyl (C=O) groups is 2. The first-order valence-electron chi connectivity index (χ1n) is 10.4. The van der Waals surface area contributed by atoms with Gasteiger partial charge in [-0.3, -0.25) is 9.59 Å². The zero-order chi connectivity index (χ0) is 21.7. The van der Waals surface area contributed by atoms with Crippen LogP contribution in [-0.2, 0) is 16.6 Å². The lowest BCUT2D eigenvalue weighted by Gasteiger charge is -2.26. The van der Waals surface area contributed by atoms with E-state index in [9.17, 15) is 9.59 Å². The fraction of sp³-hybridized carbons (Fsp3) is 0.185. The summed E-state index contributed by atoms with van der Waals surface area (Å²) in [6.45, 7) is 0. The first kappa shape index (κ1) is 20.6. The minimum atomic E-state index is -0.683. The van der Waals surface area contributed by atoms with Crippen LogP contribution in [0.1, 0.15) is 34.3 Å². The lowest BCUT2D eigenvalue weighted by Crippen LogP contribution is -2.36. The average molecular weight is 412 g/mol. The molecule has 156 valence electrons. The molecule has 1 aliphatic heterocycles. The lowest BCUT2D eigenvalue weighted by atomic mass is 9.74. The highest BCUT2D eigenvalue weighted by Crippen LogP contribution is 2.43. The molecule has 0 spiro atoms. The number of rotatable bonds is 8. The van der Waals surface area contributed by atoms with Gasteiger partial charge in [-0.25, -0.2) is 0 Å². The molecule has 0 saturated heterocycles. The molecule has 4 rings (SSSR count). The Morgan fingerprint density at radius 1 is 0.935 bits per heavy atom. The average Bonchev–Trinajstić information content (AvgIpc) is 3.08. The van der Waals surface area contributed by atoms with E-state index in [-0.39, 0.29) is 18.1 Å². The van der Waals surface area contributed by atoms with E-state index in [2.05, 4.69) is 5.32 Å². The Bertz CT molecular complexity index is 1100. The molecule has 0 unspecified atom stereocenters. The van der Waals surface area contributed by atoms with Gasteiger partial charge < -0.3 is 10.1 Å². The molecule has 0 fully saturated rings. The van der Waals surface area contributed by atoms with Gasteiger partial charge >= 0.3 is 0 Å². The summed E-state index contributed by atoms with van der Waals surface area (Å²) in [4.78, 5) is 25.6. The third kappa shape index (κ3) is 4.29. The highest BCUT2D eigenvalue weighted by Gasteiger charge is 2.45. The van der Waals surface area contributed by atoms with Gasteiger partial charge in [-0.1, -0.05) is 60.7 Å². The number of anilines is 1. The molecule has 1 amide bonds. The molecule has 0 aliphatic carbocycles. The zero-order valence-corrected chi connectivity index (χ0v) is 17.5. The third-order valence-corrected chi connectivity index (χ3v) is 5.82. The molecule has 0 saturated carbocycles. The number of hydrogen-bond donors (Lipinski definition) is 1. The highest BCUT2D eigenvalue weighted by molar-refractivity contribution is 6.06. The summed E-state index contributed by atoms with van der Waals surface area (Å²) < 4.78 is 5.14. The second-order valence-corrected chi connectivity index (χ2v) is 7.78. The standard InChI is InChI=1S/C27H25NO3/c1-31-22-16-14-21(15-17-22)25(29)13-7-8-18-27(19-20-9-3-2-4-10-20)23-11-5-6-12-24(23)28-26(27)30/h2-12,14-17H,13,18-19H2,1H3,(H,28,30)/b8-7+/t27-/m0/s1. The highest BCUT2D eigenvalue weighted by atomic mass is 16.5. The topological polar surface area (TPSA) is 55.4 Å². The Hall–Kier alpha value is -3.66. The monoisotopic (exact) mass is 411 g/mol. The summed E-state index contributed by atoms with van der Waals surface area (Å²) in [7, 11) is 1.60. The van der Waals surface area contributed by atoms with E-state index in [1.807, 2.05) is 66.7 Å². The number of nitrogens with one attached hydrogen (secondary N) is 1. The van der Waals surface area contributed by atoms with Crippen molar-refractivity contribution in [1.29, 1.82) is 0 Å². The van der Waals surface area contributed by atoms with Crippen LogP contribution in [0.2, 0.25) is 0 Å². The van der Waals surface area contributed by atoms with Crippen molar-refractivity contribution >= 4 is 17.4 Å². The molecule has 1 aliphatic rings. The van der Waals surface area contributed by atoms with E-state index in [4.69, 9.17) is 4.74 Å². The predicted octanol–water partition coefficient (Wildman–Crippen LogP) is 5.35. The summed E-state index contributed by atoms with van der Waals surface area (Å²) in [6.07, 6.45) is 5.25. The van der Waals surface area contributed by atoms with Crippen LogP contribution in [0, 0.1) is 0 Å². The summed E-state index contributed by atoms with van der Waals surface area (Å²) in [6, 6.07) is 25.0. The van der Waals surface area contributed by atoms with Crippen LogP contribution in [-0.4, -0.2) is 18.8 Å². The van der Waals surface area contributed by atoms with Gasteiger partial charge in [0, 0.05) is 17.7 Å². The van der Waals surface area contributed by atoms with Crippen molar-refractivity contribution in [2.45, 2.75) is 24.7 Å². The number of para-hydroxylation sites is 1.